The Morgan fingerprint density at radius 2 is 2.09 bits per heavy atom. The summed E-state index contributed by atoms with van der Waals surface area (Å²) in [6.07, 6.45) is 9.06. The van der Waals surface area contributed by atoms with Crippen molar-refractivity contribution in [2.75, 3.05) is 0 Å². The van der Waals surface area contributed by atoms with Crippen LogP contribution in [0.5, 0.6) is 5.75 Å². The summed E-state index contributed by atoms with van der Waals surface area (Å²) >= 11 is 0. The summed E-state index contributed by atoms with van der Waals surface area (Å²) in [5, 5.41) is 28.7. The Bertz CT molecular complexity index is 1370. The molecule has 0 radical (unpaired) electrons. The molecular formula is C25H25FN6O2. The quantitative estimate of drug-likeness (QED) is 0.470. The standard InChI is InChI=1S/C25H25FN6O2/c1-15-22(13-30-32(15)20-4-3-5-21(33)9-20)17-8-24(25-18(10-27)11-29-31(25)14-17)34-16(2)23-7-6-19(26)12-28-23/h6-8,11-14,16,20-21,33H,3-5,9H2,1-2H3/t16-,20-,21-/m1/s1. The van der Waals surface area contributed by atoms with Crippen molar-refractivity contribution in [3.8, 4) is 22.9 Å². The second kappa shape index (κ2) is 8.88. The van der Waals surface area contributed by atoms with E-state index in [1.54, 1.807) is 10.6 Å². The minimum Gasteiger partial charge on any atom is -0.482 e. The van der Waals surface area contributed by atoms with Crippen molar-refractivity contribution < 1.29 is 14.2 Å². The van der Waals surface area contributed by atoms with Gasteiger partial charge in [-0.25, -0.2) is 8.91 Å². The monoisotopic (exact) mass is 460 g/mol. The average molecular weight is 461 g/mol. The summed E-state index contributed by atoms with van der Waals surface area (Å²) < 4.78 is 23.2. The van der Waals surface area contributed by atoms with Crippen LogP contribution in [0.3, 0.4) is 0 Å². The molecule has 0 amide bonds. The van der Waals surface area contributed by atoms with E-state index < -0.39 is 11.9 Å². The topological polar surface area (TPSA) is 101 Å². The van der Waals surface area contributed by atoms with E-state index in [2.05, 4.69) is 21.3 Å². The van der Waals surface area contributed by atoms with Crippen molar-refractivity contribution in [3.05, 3.63) is 65.8 Å². The van der Waals surface area contributed by atoms with E-state index in [9.17, 15) is 14.8 Å². The van der Waals surface area contributed by atoms with Gasteiger partial charge in [0.05, 0.1) is 36.4 Å². The minimum absolute atomic E-state index is 0.163. The highest BCUT2D eigenvalue weighted by Gasteiger charge is 2.25. The summed E-state index contributed by atoms with van der Waals surface area (Å²) in [5.41, 5.74) is 4.28. The molecule has 1 aliphatic rings. The molecule has 0 bridgehead atoms. The van der Waals surface area contributed by atoms with Crippen LogP contribution in [-0.4, -0.2) is 35.6 Å². The predicted molar refractivity (Wildman–Crippen MR) is 123 cm³/mol. The van der Waals surface area contributed by atoms with Gasteiger partial charge in [-0.2, -0.15) is 15.5 Å². The van der Waals surface area contributed by atoms with Gasteiger partial charge in [-0.3, -0.25) is 9.67 Å². The van der Waals surface area contributed by atoms with Crippen molar-refractivity contribution in [3.63, 3.8) is 0 Å². The smallest absolute Gasteiger partial charge is 0.148 e. The van der Waals surface area contributed by atoms with Crippen molar-refractivity contribution >= 4 is 5.52 Å². The molecule has 0 unspecified atom stereocenters. The predicted octanol–water partition coefficient (Wildman–Crippen LogP) is 4.53. The number of pyridine rings is 2. The number of fused-ring (bicyclic) bond motifs is 1. The van der Waals surface area contributed by atoms with Crippen LogP contribution in [0.25, 0.3) is 16.6 Å². The summed E-state index contributed by atoms with van der Waals surface area (Å²) in [5.74, 6) is 0.0614. The summed E-state index contributed by atoms with van der Waals surface area (Å²) in [4.78, 5) is 4.12. The fourth-order valence-electron chi connectivity index (χ4n) is 4.72. The van der Waals surface area contributed by atoms with Crippen LogP contribution in [0.2, 0.25) is 0 Å². The highest BCUT2D eigenvalue weighted by molar-refractivity contribution is 5.76. The first-order chi connectivity index (χ1) is 16.4. The van der Waals surface area contributed by atoms with Gasteiger partial charge >= 0.3 is 0 Å². The number of aromatic nitrogens is 5. The molecule has 8 nitrogen and oxygen atoms in total. The van der Waals surface area contributed by atoms with E-state index in [1.165, 1.54) is 12.3 Å². The van der Waals surface area contributed by atoms with Crippen LogP contribution >= 0.6 is 0 Å². The molecule has 174 valence electrons. The lowest BCUT2D eigenvalue weighted by molar-refractivity contribution is 0.0995. The number of rotatable bonds is 5. The molecule has 0 spiro atoms. The molecule has 3 atom stereocenters. The van der Waals surface area contributed by atoms with Crippen molar-refractivity contribution in [1.82, 2.24) is 24.4 Å². The maximum Gasteiger partial charge on any atom is 0.148 e. The molecule has 34 heavy (non-hydrogen) atoms. The maximum absolute atomic E-state index is 13.3. The van der Waals surface area contributed by atoms with E-state index in [1.807, 2.05) is 37.0 Å². The van der Waals surface area contributed by atoms with Gasteiger partial charge in [-0.15, -0.1) is 0 Å². The number of nitriles is 1. The first-order valence-corrected chi connectivity index (χ1v) is 11.4. The zero-order chi connectivity index (χ0) is 23.8. The first kappa shape index (κ1) is 22.0. The third-order valence-corrected chi connectivity index (χ3v) is 6.49. The number of halogens is 1. The molecule has 1 N–H and O–H groups in total. The zero-order valence-electron chi connectivity index (χ0n) is 19.0. The molecule has 4 aromatic rings. The number of hydrogen-bond donors (Lipinski definition) is 1. The Morgan fingerprint density at radius 1 is 1.24 bits per heavy atom. The Hall–Kier alpha value is -3.77. The normalized spacial score (nSPS) is 19.1. The molecule has 0 aromatic carbocycles. The second-order valence-electron chi connectivity index (χ2n) is 8.78. The van der Waals surface area contributed by atoms with E-state index in [-0.39, 0.29) is 12.1 Å². The molecule has 1 saturated carbocycles. The lowest BCUT2D eigenvalue weighted by Gasteiger charge is -2.27. The molecule has 1 aliphatic carbocycles. The molecule has 5 rings (SSSR count). The summed E-state index contributed by atoms with van der Waals surface area (Å²) in [7, 11) is 0. The number of aliphatic hydroxyl groups is 1. The van der Waals surface area contributed by atoms with Gasteiger partial charge in [0, 0.05) is 23.0 Å². The van der Waals surface area contributed by atoms with E-state index >= 15 is 0 Å². The summed E-state index contributed by atoms with van der Waals surface area (Å²) in [6, 6.07) is 7.12. The SMILES string of the molecule is Cc1c(-c2cc(O[C@H](C)c3ccc(F)cn3)c3c(C#N)cnn3c2)cnn1[C@@H]1CCC[C@@H](O)C1. The van der Waals surface area contributed by atoms with Crippen LogP contribution in [0.15, 0.2) is 43.0 Å². The second-order valence-corrected chi connectivity index (χ2v) is 8.78. The van der Waals surface area contributed by atoms with Gasteiger partial charge in [-0.05, 0) is 57.7 Å². The van der Waals surface area contributed by atoms with Crippen LogP contribution in [-0.2, 0) is 0 Å². The number of hydrogen-bond acceptors (Lipinski definition) is 6. The lowest BCUT2D eigenvalue weighted by atomic mass is 9.93. The maximum atomic E-state index is 13.3. The van der Waals surface area contributed by atoms with Crippen LogP contribution in [0.4, 0.5) is 4.39 Å². The Kier molecular flexibility index (Phi) is 5.75. The van der Waals surface area contributed by atoms with Gasteiger partial charge in [-0.1, -0.05) is 0 Å². The van der Waals surface area contributed by atoms with Gasteiger partial charge in [0.2, 0.25) is 0 Å². The van der Waals surface area contributed by atoms with Crippen molar-refractivity contribution in [2.24, 2.45) is 0 Å². The van der Waals surface area contributed by atoms with E-state index in [0.29, 0.717) is 28.9 Å². The Morgan fingerprint density at radius 3 is 2.82 bits per heavy atom. The van der Waals surface area contributed by atoms with Gasteiger partial charge in [0.15, 0.2) is 0 Å². The third kappa shape index (κ3) is 4.01. The molecule has 0 saturated heterocycles. The molecule has 4 aromatic heterocycles. The van der Waals surface area contributed by atoms with Crippen LogP contribution < -0.4 is 4.74 Å². The van der Waals surface area contributed by atoms with Crippen molar-refractivity contribution in [2.45, 2.75) is 57.8 Å². The molecule has 1 fully saturated rings. The van der Waals surface area contributed by atoms with E-state index in [4.69, 9.17) is 4.74 Å². The zero-order valence-corrected chi connectivity index (χ0v) is 19.0. The molecule has 0 aliphatic heterocycles. The fourth-order valence-corrected chi connectivity index (χ4v) is 4.72. The van der Waals surface area contributed by atoms with Gasteiger partial charge < -0.3 is 9.84 Å². The molecule has 4 heterocycles. The number of nitrogens with zero attached hydrogens (tertiary/aromatic N) is 6. The average Bonchev–Trinajstić information content (AvgIpc) is 3.42. The number of aliphatic hydroxyl groups excluding tert-OH is 1. The van der Waals surface area contributed by atoms with Gasteiger partial charge in [0.25, 0.3) is 0 Å². The third-order valence-electron chi connectivity index (χ3n) is 6.49. The van der Waals surface area contributed by atoms with Crippen molar-refractivity contribution in [1.29, 1.82) is 5.26 Å². The van der Waals surface area contributed by atoms with Gasteiger partial charge in [0.1, 0.15) is 34.8 Å². The lowest BCUT2D eigenvalue weighted by Crippen LogP contribution is -2.23. The molecule has 9 heteroatoms. The van der Waals surface area contributed by atoms with Crippen LogP contribution in [0.1, 0.15) is 61.7 Å². The number of ether oxygens (including phenoxy) is 1. The Labute approximate surface area is 196 Å². The van der Waals surface area contributed by atoms with Crippen LogP contribution in [0, 0.1) is 24.1 Å². The largest absolute Gasteiger partial charge is 0.482 e. The Balaban J connectivity index is 1.54. The van der Waals surface area contributed by atoms with E-state index in [0.717, 1.165) is 42.3 Å². The fraction of sp³-hybridized carbons (Fsp3) is 0.360. The minimum atomic E-state index is -0.478. The highest BCUT2D eigenvalue weighted by Crippen LogP contribution is 2.36. The highest BCUT2D eigenvalue weighted by atomic mass is 19.1. The summed E-state index contributed by atoms with van der Waals surface area (Å²) in [6.45, 7) is 3.84. The molecular weight excluding hydrogens is 435 g/mol. The first-order valence-electron chi connectivity index (χ1n) is 11.4.